The van der Waals surface area contributed by atoms with Crippen molar-refractivity contribution in [1.82, 2.24) is 10.6 Å². The molecule has 38 heavy (non-hydrogen) atoms. The van der Waals surface area contributed by atoms with Crippen molar-refractivity contribution in [3.05, 3.63) is 63.4 Å². The summed E-state index contributed by atoms with van der Waals surface area (Å²) in [7, 11) is 0. The fourth-order valence-corrected chi connectivity index (χ4v) is 6.86. The Hall–Kier alpha value is -2.19. The summed E-state index contributed by atoms with van der Waals surface area (Å²) in [4.78, 5) is 28.0. The summed E-state index contributed by atoms with van der Waals surface area (Å²) < 4.78 is 20.7. The minimum Gasteiger partial charge on any atom is -0.425 e. The summed E-state index contributed by atoms with van der Waals surface area (Å²) in [6, 6.07) is 8.29. The van der Waals surface area contributed by atoms with Crippen molar-refractivity contribution >= 4 is 35.1 Å². The van der Waals surface area contributed by atoms with Gasteiger partial charge in [0.1, 0.15) is 17.0 Å². The predicted molar refractivity (Wildman–Crippen MR) is 144 cm³/mol. The zero-order chi connectivity index (χ0) is 27.4. The van der Waals surface area contributed by atoms with Gasteiger partial charge in [-0.25, -0.2) is 4.39 Å². The second-order valence-electron chi connectivity index (χ2n) is 12.0. The first kappa shape index (κ1) is 27.4. The Labute approximate surface area is 232 Å². The number of rotatable bonds is 4. The maximum Gasteiger partial charge on any atom is 0.324 e. The first-order valence-corrected chi connectivity index (χ1v) is 13.9. The van der Waals surface area contributed by atoms with Crippen LogP contribution in [0.4, 0.5) is 4.39 Å². The third-order valence-electron chi connectivity index (χ3n) is 8.11. The molecule has 1 saturated carbocycles. The summed E-state index contributed by atoms with van der Waals surface area (Å²) >= 11 is 12.5. The van der Waals surface area contributed by atoms with Crippen molar-refractivity contribution < 1.29 is 23.8 Å². The fourth-order valence-electron chi connectivity index (χ4n) is 6.50. The third kappa shape index (κ3) is 4.83. The molecule has 2 aromatic rings. The monoisotopic (exact) mass is 562 g/mol. The average Bonchev–Trinajstić information content (AvgIpc) is 3.30. The van der Waals surface area contributed by atoms with E-state index in [9.17, 15) is 19.1 Å². The van der Waals surface area contributed by atoms with E-state index in [0.717, 1.165) is 0 Å². The molecule has 0 unspecified atom stereocenters. The van der Waals surface area contributed by atoms with Gasteiger partial charge in [0.25, 0.3) is 0 Å². The Balaban J connectivity index is 1.66. The molecular formula is C29H33Cl2FN2O4. The number of fused-ring (bicyclic) bond motifs is 2. The molecule has 2 aromatic carbocycles. The molecule has 2 heterocycles. The van der Waals surface area contributed by atoms with E-state index in [4.69, 9.17) is 27.9 Å². The van der Waals surface area contributed by atoms with Crippen LogP contribution in [0.15, 0.2) is 36.4 Å². The lowest BCUT2D eigenvalue weighted by atomic mass is 9.62. The number of carbonyl (C=O) groups is 2. The lowest BCUT2D eigenvalue weighted by Crippen LogP contribution is -2.49. The number of halogens is 3. The minimum atomic E-state index is -1.39. The van der Waals surface area contributed by atoms with Crippen molar-refractivity contribution in [3.8, 4) is 5.75 Å². The molecule has 204 valence electrons. The van der Waals surface area contributed by atoms with Crippen molar-refractivity contribution in [2.75, 3.05) is 0 Å². The predicted octanol–water partition coefficient (Wildman–Crippen LogP) is 5.27. The SMILES string of the molecule is CC(C)(C)C[C@H]1N[C@@H](C(=O)N[C@H]2CC[C@H](O)CC2)[C@H](c2cccc(Cl)c2)[C@@]12C(=O)Oc1cc(Cl)c(F)cc12. The average molecular weight is 563 g/mol. The molecule has 4 atom stereocenters. The Kier molecular flexibility index (Phi) is 7.27. The quantitative estimate of drug-likeness (QED) is 0.349. The maximum absolute atomic E-state index is 15.0. The zero-order valence-electron chi connectivity index (χ0n) is 21.7. The van der Waals surface area contributed by atoms with Crippen LogP contribution in [0.1, 0.15) is 69.9 Å². The van der Waals surface area contributed by atoms with Crippen LogP contribution in [0.5, 0.6) is 5.75 Å². The number of hydrogen-bond acceptors (Lipinski definition) is 5. The molecule has 1 aliphatic carbocycles. The van der Waals surface area contributed by atoms with Crippen molar-refractivity contribution in [2.24, 2.45) is 5.41 Å². The summed E-state index contributed by atoms with van der Waals surface area (Å²) in [6.07, 6.45) is 2.76. The molecule has 3 aliphatic rings. The highest BCUT2D eigenvalue weighted by Gasteiger charge is 2.67. The molecule has 5 rings (SSSR count). The van der Waals surface area contributed by atoms with Crippen molar-refractivity contribution in [1.29, 1.82) is 0 Å². The van der Waals surface area contributed by atoms with Crippen molar-refractivity contribution in [2.45, 2.75) is 88.4 Å². The van der Waals surface area contributed by atoms with Crippen LogP contribution in [0.2, 0.25) is 10.0 Å². The van der Waals surface area contributed by atoms with Gasteiger partial charge in [-0.15, -0.1) is 0 Å². The van der Waals surface area contributed by atoms with Gasteiger partial charge < -0.3 is 20.5 Å². The first-order valence-electron chi connectivity index (χ1n) is 13.1. The number of carbonyl (C=O) groups excluding carboxylic acids is 2. The van der Waals surface area contributed by atoms with Gasteiger partial charge in [-0.2, -0.15) is 0 Å². The van der Waals surface area contributed by atoms with E-state index in [2.05, 4.69) is 31.4 Å². The van der Waals surface area contributed by atoms with E-state index in [-0.39, 0.29) is 34.2 Å². The van der Waals surface area contributed by atoms with Crippen LogP contribution in [-0.4, -0.2) is 41.2 Å². The Morgan fingerprint density at radius 1 is 1.18 bits per heavy atom. The molecule has 0 aromatic heterocycles. The van der Waals surface area contributed by atoms with Gasteiger partial charge in [-0.3, -0.25) is 9.59 Å². The van der Waals surface area contributed by atoms with Gasteiger partial charge in [0.05, 0.1) is 17.2 Å². The summed E-state index contributed by atoms with van der Waals surface area (Å²) in [5, 5.41) is 16.9. The Bertz CT molecular complexity index is 1260. The lowest BCUT2D eigenvalue weighted by molar-refractivity contribution is -0.139. The molecule has 9 heteroatoms. The van der Waals surface area contributed by atoms with Gasteiger partial charge in [-0.05, 0) is 61.3 Å². The van der Waals surface area contributed by atoms with E-state index >= 15 is 0 Å². The second kappa shape index (κ2) is 10.1. The highest BCUT2D eigenvalue weighted by Crippen LogP contribution is 2.57. The molecule has 1 spiro atoms. The highest BCUT2D eigenvalue weighted by atomic mass is 35.5. The molecule has 6 nitrogen and oxygen atoms in total. The summed E-state index contributed by atoms with van der Waals surface area (Å²) in [5.74, 6) is -1.97. The van der Waals surface area contributed by atoms with Crippen LogP contribution in [-0.2, 0) is 15.0 Å². The van der Waals surface area contributed by atoms with E-state index in [0.29, 0.717) is 48.3 Å². The van der Waals surface area contributed by atoms with Gasteiger partial charge in [0.2, 0.25) is 5.91 Å². The Morgan fingerprint density at radius 2 is 1.89 bits per heavy atom. The molecule has 0 radical (unpaired) electrons. The standard InChI is InChI=1S/C29H33Cl2FN2O4/c1-28(2,3)14-23-29(19-12-21(32)20(31)13-22(19)38-27(29)37)24(15-5-4-6-16(30)11-15)25(34-23)26(36)33-17-7-9-18(35)10-8-17/h4-6,11-13,17-18,23-25,34-35H,7-10,14H2,1-3H3,(H,33,36)/t17-,18-,23-,24+,25-,29+/m1/s1. The van der Waals surface area contributed by atoms with Gasteiger partial charge in [0, 0.05) is 34.7 Å². The van der Waals surface area contributed by atoms with Gasteiger partial charge >= 0.3 is 5.97 Å². The van der Waals surface area contributed by atoms with Crippen LogP contribution in [0.3, 0.4) is 0 Å². The number of aliphatic hydroxyl groups excluding tert-OH is 1. The Morgan fingerprint density at radius 3 is 2.55 bits per heavy atom. The first-order chi connectivity index (χ1) is 17.9. The number of nitrogens with one attached hydrogen (secondary N) is 2. The molecule has 2 fully saturated rings. The van der Waals surface area contributed by atoms with Crippen LogP contribution in [0, 0.1) is 11.2 Å². The summed E-state index contributed by atoms with van der Waals surface area (Å²) in [6.45, 7) is 6.17. The topological polar surface area (TPSA) is 87.7 Å². The lowest BCUT2D eigenvalue weighted by Gasteiger charge is -2.36. The normalized spacial score (nSPS) is 30.8. The summed E-state index contributed by atoms with van der Waals surface area (Å²) in [5.41, 5.74) is -0.556. The smallest absolute Gasteiger partial charge is 0.324 e. The molecule has 1 saturated heterocycles. The third-order valence-corrected chi connectivity index (χ3v) is 8.64. The molecule has 3 N–H and O–H groups in total. The zero-order valence-corrected chi connectivity index (χ0v) is 23.2. The van der Waals surface area contributed by atoms with E-state index in [1.54, 1.807) is 18.2 Å². The van der Waals surface area contributed by atoms with Crippen LogP contribution >= 0.6 is 23.2 Å². The van der Waals surface area contributed by atoms with Crippen LogP contribution in [0.25, 0.3) is 0 Å². The van der Waals surface area contributed by atoms with Gasteiger partial charge in [0.15, 0.2) is 0 Å². The number of hydrogen-bond donors (Lipinski definition) is 3. The number of esters is 1. The second-order valence-corrected chi connectivity index (χ2v) is 12.9. The number of benzene rings is 2. The molecule has 2 aliphatic heterocycles. The fraction of sp³-hybridized carbons (Fsp3) is 0.517. The number of aliphatic hydroxyl groups is 1. The minimum absolute atomic E-state index is 0.0793. The van der Waals surface area contributed by atoms with E-state index in [1.807, 2.05) is 6.07 Å². The van der Waals surface area contributed by atoms with Gasteiger partial charge in [-0.1, -0.05) is 56.1 Å². The maximum atomic E-state index is 15.0. The largest absolute Gasteiger partial charge is 0.425 e. The van der Waals surface area contributed by atoms with E-state index in [1.165, 1.54) is 12.1 Å². The van der Waals surface area contributed by atoms with E-state index < -0.39 is 35.2 Å². The van der Waals surface area contributed by atoms with Crippen LogP contribution < -0.4 is 15.4 Å². The van der Waals surface area contributed by atoms with Crippen molar-refractivity contribution in [3.63, 3.8) is 0 Å². The molecule has 0 bridgehead atoms. The number of amides is 1. The highest BCUT2D eigenvalue weighted by molar-refractivity contribution is 6.31. The molecule has 1 amide bonds. The molecular weight excluding hydrogens is 530 g/mol. The number of ether oxygens (including phenoxy) is 1.